The molecule has 0 bridgehead atoms. The van der Waals surface area contributed by atoms with Crippen molar-refractivity contribution in [3.63, 3.8) is 0 Å². The molecule has 0 saturated carbocycles. The molecular formula is C12H16S2. The van der Waals surface area contributed by atoms with Crippen molar-refractivity contribution in [2.75, 3.05) is 5.75 Å². The van der Waals surface area contributed by atoms with E-state index in [1.807, 2.05) is 23.1 Å². The lowest BCUT2D eigenvalue weighted by atomic mass is 9.92. The first-order valence-electron chi connectivity index (χ1n) is 5.09. The van der Waals surface area contributed by atoms with Gasteiger partial charge in [0.2, 0.25) is 0 Å². The van der Waals surface area contributed by atoms with E-state index in [9.17, 15) is 0 Å². The molecule has 1 aromatic rings. The van der Waals surface area contributed by atoms with Gasteiger partial charge in [-0.05, 0) is 42.7 Å². The summed E-state index contributed by atoms with van der Waals surface area (Å²) < 4.78 is 0. The molecule has 0 spiro atoms. The van der Waals surface area contributed by atoms with Gasteiger partial charge in [-0.2, -0.15) is 0 Å². The maximum Gasteiger partial charge on any atom is 0.00509 e. The molecule has 0 saturated heterocycles. The maximum atomic E-state index is 2.37. The molecule has 0 N–H and O–H groups in total. The number of hydrogen-bond acceptors (Lipinski definition) is 2. The molecule has 2 heteroatoms. The van der Waals surface area contributed by atoms with Crippen molar-refractivity contribution in [1.29, 1.82) is 0 Å². The molecule has 1 aromatic heterocycles. The van der Waals surface area contributed by atoms with E-state index in [4.69, 9.17) is 0 Å². The van der Waals surface area contributed by atoms with Crippen LogP contribution in [0.2, 0.25) is 0 Å². The first-order valence-corrected chi connectivity index (χ1v) is 6.96. The zero-order valence-corrected chi connectivity index (χ0v) is 10.3. The van der Waals surface area contributed by atoms with E-state index >= 15 is 0 Å². The average Bonchev–Trinajstić information content (AvgIpc) is 2.75. The molecule has 14 heavy (non-hydrogen) atoms. The Morgan fingerprint density at radius 3 is 2.93 bits per heavy atom. The number of allylic oxidation sites excluding steroid dienone is 1. The topological polar surface area (TPSA) is 0 Å². The number of thiophene rings is 1. The van der Waals surface area contributed by atoms with Crippen molar-refractivity contribution in [1.82, 2.24) is 0 Å². The molecule has 0 amide bonds. The highest BCUT2D eigenvalue weighted by molar-refractivity contribution is 8.02. The highest BCUT2D eigenvalue weighted by Crippen LogP contribution is 2.30. The third-order valence-corrected chi connectivity index (χ3v) is 4.71. The van der Waals surface area contributed by atoms with E-state index in [1.54, 1.807) is 4.88 Å². The minimum atomic E-state index is 0.791. The second-order valence-corrected chi connectivity index (χ2v) is 6.33. The first kappa shape index (κ1) is 10.3. The standard InChI is InChI=1S/C12H16S2/c1-9(11-5-6-13-8-11)7-12-4-3-10(2)14-12/h3-6,9,11H,7-8H2,1-2H3/t9?,11-/m1/s1. The van der Waals surface area contributed by atoms with Crippen LogP contribution in [0.1, 0.15) is 16.7 Å². The molecule has 0 nitrogen and oxygen atoms in total. The van der Waals surface area contributed by atoms with Gasteiger partial charge in [0, 0.05) is 15.5 Å². The molecule has 0 radical (unpaired) electrons. The second-order valence-electron chi connectivity index (χ2n) is 4.02. The Hall–Kier alpha value is -0.210. The largest absolute Gasteiger partial charge is 0.146 e. The van der Waals surface area contributed by atoms with E-state index < -0.39 is 0 Å². The van der Waals surface area contributed by atoms with Gasteiger partial charge in [0.25, 0.3) is 0 Å². The lowest BCUT2D eigenvalue weighted by molar-refractivity contribution is 0.471. The fourth-order valence-corrected chi connectivity index (χ4v) is 3.91. The summed E-state index contributed by atoms with van der Waals surface area (Å²) in [5.41, 5.74) is 0. The molecule has 76 valence electrons. The molecule has 0 aromatic carbocycles. The summed E-state index contributed by atoms with van der Waals surface area (Å²) in [5.74, 6) is 2.87. The predicted octanol–water partition coefficient (Wildman–Crippen LogP) is 4.11. The highest BCUT2D eigenvalue weighted by Gasteiger charge is 2.18. The van der Waals surface area contributed by atoms with Gasteiger partial charge in [-0.15, -0.1) is 23.1 Å². The summed E-state index contributed by atoms with van der Waals surface area (Å²) in [5, 5.41) is 2.25. The normalized spacial score (nSPS) is 22.9. The van der Waals surface area contributed by atoms with E-state index in [0.717, 1.165) is 11.8 Å². The van der Waals surface area contributed by atoms with E-state index in [-0.39, 0.29) is 0 Å². The minimum Gasteiger partial charge on any atom is -0.146 e. The lowest BCUT2D eigenvalue weighted by Crippen LogP contribution is -2.11. The van der Waals surface area contributed by atoms with Crippen LogP contribution < -0.4 is 0 Å². The van der Waals surface area contributed by atoms with Crippen LogP contribution >= 0.6 is 23.1 Å². The van der Waals surface area contributed by atoms with E-state index in [0.29, 0.717) is 0 Å². The highest BCUT2D eigenvalue weighted by atomic mass is 32.2. The number of aryl methyl sites for hydroxylation is 1. The van der Waals surface area contributed by atoms with Crippen LogP contribution in [0.25, 0.3) is 0 Å². The Balaban J connectivity index is 1.93. The smallest absolute Gasteiger partial charge is 0.00509 e. The van der Waals surface area contributed by atoms with Crippen LogP contribution in [0.5, 0.6) is 0 Å². The van der Waals surface area contributed by atoms with Gasteiger partial charge in [-0.3, -0.25) is 0 Å². The zero-order valence-electron chi connectivity index (χ0n) is 8.69. The summed E-state index contributed by atoms with van der Waals surface area (Å²) >= 11 is 3.89. The van der Waals surface area contributed by atoms with Gasteiger partial charge in [0.15, 0.2) is 0 Å². The molecule has 2 atom stereocenters. The molecule has 1 unspecified atom stereocenters. The monoisotopic (exact) mass is 224 g/mol. The molecule has 0 aliphatic carbocycles. The quantitative estimate of drug-likeness (QED) is 0.744. The molecule has 0 fully saturated rings. The Bertz CT molecular complexity index is 325. The van der Waals surface area contributed by atoms with Gasteiger partial charge < -0.3 is 0 Å². The predicted molar refractivity (Wildman–Crippen MR) is 67.0 cm³/mol. The van der Waals surface area contributed by atoms with Crippen molar-refractivity contribution in [3.8, 4) is 0 Å². The fraction of sp³-hybridized carbons (Fsp3) is 0.500. The molecule has 2 rings (SSSR count). The van der Waals surface area contributed by atoms with Crippen LogP contribution in [-0.4, -0.2) is 5.75 Å². The first-order chi connectivity index (χ1) is 6.75. The van der Waals surface area contributed by atoms with Crippen molar-refractivity contribution >= 4 is 23.1 Å². The average molecular weight is 224 g/mol. The van der Waals surface area contributed by atoms with Gasteiger partial charge >= 0.3 is 0 Å². The Morgan fingerprint density at radius 2 is 2.36 bits per heavy atom. The van der Waals surface area contributed by atoms with Crippen molar-refractivity contribution in [3.05, 3.63) is 33.4 Å². The number of thioether (sulfide) groups is 1. The van der Waals surface area contributed by atoms with E-state index in [2.05, 4.69) is 37.5 Å². The molecule has 2 heterocycles. The minimum absolute atomic E-state index is 0.791. The van der Waals surface area contributed by atoms with Gasteiger partial charge in [0.05, 0.1) is 0 Å². The van der Waals surface area contributed by atoms with Crippen LogP contribution in [0.15, 0.2) is 23.6 Å². The van der Waals surface area contributed by atoms with Crippen LogP contribution in [0, 0.1) is 18.8 Å². The third-order valence-electron chi connectivity index (χ3n) is 2.76. The maximum absolute atomic E-state index is 2.37. The number of hydrogen-bond donors (Lipinski definition) is 0. The SMILES string of the molecule is Cc1ccc(CC(C)[C@@H]2C=CSC2)s1. The fourth-order valence-electron chi connectivity index (χ4n) is 1.80. The van der Waals surface area contributed by atoms with Gasteiger partial charge in [0.1, 0.15) is 0 Å². The van der Waals surface area contributed by atoms with Gasteiger partial charge in [-0.25, -0.2) is 0 Å². The summed E-state index contributed by atoms with van der Waals surface area (Å²) in [6.07, 6.45) is 3.61. The molecule has 1 aliphatic heterocycles. The summed E-state index contributed by atoms with van der Waals surface area (Å²) in [4.78, 5) is 2.98. The Kier molecular flexibility index (Phi) is 3.34. The van der Waals surface area contributed by atoms with Crippen LogP contribution in [-0.2, 0) is 6.42 Å². The van der Waals surface area contributed by atoms with Crippen LogP contribution in [0.3, 0.4) is 0 Å². The van der Waals surface area contributed by atoms with Crippen molar-refractivity contribution in [2.45, 2.75) is 20.3 Å². The van der Waals surface area contributed by atoms with Crippen molar-refractivity contribution < 1.29 is 0 Å². The zero-order chi connectivity index (χ0) is 9.97. The Morgan fingerprint density at radius 1 is 1.50 bits per heavy atom. The van der Waals surface area contributed by atoms with Crippen molar-refractivity contribution in [2.24, 2.45) is 11.8 Å². The third kappa shape index (κ3) is 2.43. The number of rotatable bonds is 3. The van der Waals surface area contributed by atoms with Crippen LogP contribution in [0.4, 0.5) is 0 Å². The summed E-state index contributed by atoms with van der Waals surface area (Å²) in [6.45, 7) is 4.56. The lowest BCUT2D eigenvalue weighted by Gasteiger charge is -2.15. The molecule has 1 aliphatic rings. The second kappa shape index (κ2) is 4.54. The van der Waals surface area contributed by atoms with Gasteiger partial charge in [-0.1, -0.05) is 13.0 Å². The van der Waals surface area contributed by atoms with E-state index in [1.165, 1.54) is 17.1 Å². The molecular weight excluding hydrogens is 208 g/mol. The Labute approximate surface area is 94.4 Å². The summed E-state index contributed by atoms with van der Waals surface area (Å²) in [7, 11) is 0. The summed E-state index contributed by atoms with van der Waals surface area (Å²) in [6, 6.07) is 4.51.